The lowest BCUT2D eigenvalue weighted by molar-refractivity contribution is -0.115. The molecule has 27 heavy (non-hydrogen) atoms. The van der Waals surface area contributed by atoms with Gasteiger partial charge in [0.15, 0.2) is 5.78 Å². The maximum absolute atomic E-state index is 13.2. The van der Waals surface area contributed by atoms with E-state index in [1.165, 1.54) is 17.7 Å². The third-order valence-corrected chi connectivity index (χ3v) is 5.08. The van der Waals surface area contributed by atoms with E-state index >= 15 is 0 Å². The summed E-state index contributed by atoms with van der Waals surface area (Å²) < 4.78 is 13.2. The molecule has 1 aromatic heterocycles. The molecule has 0 aliphatic heterocycles. The Kier molecular flexibility index (Phi) is 4.67. The third kappa shape index (κ3) is 3.58. The zero-order valence-electron chi connectivity index (χ0n) is 15.1. The summed E-state index contributed by atoms with van der Waals surface area (Å²) in [6.07, 6.45) is 3.74. The van der Waals surface area contributed by atoms with Crippen molar-refractivity contribution in [2.75, 3.05) is 0 Å². The number of aromatic nitrogens is 3. The summed E-state index contributed by atoms with van der Waals surface area (Å²) >= 11 is 0. The molecule has 5 heteroatoms. The number of nitrogens with zero attached hydrogens (tertiary/aromatic N) is 2. The maximum Gasteiger partial charge on any atom is 0.156 e. The van der Waals surface area contributed by atoms with Gasteiger partial charge in [-0.25, -0.2) is 4.39 Å². The van der Waals surface area contributed by atoms with E-state index in [-0.39, 0.29) is 17.5 Å². The fourth-order valence-corrected chi connectivity index (χ4v) is 3.58. The summed E-state index contributed by atoms with van der Waals surface area (Å²) in [7, 11) is 0. The predicted octanol–water partition coefficient (Wildman–Crippen LogP) is 4.70. The molecule has 4 nitrogen and oxygen atoms in total. The maximum atomic E-state index is 13.2. The minimum absolute atomic E-state index is 0.0186. The number of aromatic amines is 1. The number of allylic oxidation sites excluding steroid dienone is 2. The van der Waals surface area contributed by atoms with Crippen molar-refractivity contribution in [3.8, 4) is 11.3 Å². The monoisotopic (exact) mass is 361 g/mol. The number of rotatable bonds is 4. The van der Waals surface area contributed by atoms with Gasteiger partial charge in [-0.05, 0) is 53.7 Å². The summed E-state index contributed by atoms with van der Waals surface area (Å²) in [6.45, 7) is 2.12. The number of hydrogen-bond donors (Lipinski definition) is 1. The van der Waals surface area contributed by atoms with Crippen molar-refractivity contribution in [1.82, 2.24) is 15.4 Å². The second kappa shape index (κ2) is 7.27. The summed E-state index contributed by atoms with van der Waals surface area (Å²) in [5.74, 6) is -0.197. The molecule has 0 saturated heterocycles. The van der Waals surface area contributed by atoms with Gasteiger partial charge in [0.05, 0.1) is 0 Å². The van der Waals surface area contributed by atoms with Crippen LogP contribution in [0.1, 0.15) is 42.5 Å². The van der Waals surface area contributed by atoms with E-state index < -0.39 is 0 Å². The first-order valence-electron chi connectivity index (χ1n) is 9.13. The van der Waals surface area contributed by atoms with Crippen molar-refractivity contribution in [2.45, 2.75) is 32.1 Å². The van der Waals surface area contributed by atoms with E-state index in [2.05, 4.69) is 34.5 Å². The Labute approximate surface area is 157 Å². The average Bonchev–Trinajstić information content (AvgIpc) is 3.18. The summed E-state index contributed by atoms with van der Waals surface area (Å²) in [6, 6.07) is 14.6. The Morgan fingerprint density at radius 1 is 1.00 bits per heavy atom. The standard InChI is InChI=1S/C22H20FN3O/c1-2-14-3-5-16(6-4-14)21-22(25-26-24-21)18-11-17(12-20(27)13-18)15-7-9-19(23)10-8-15/h3-10,13,17H,2,11-12H2,1H3,(H,24,25,26)/t17-/m1/s1. The van der Waals surface area contributed by atoms with Gasteiger partial charge >= 0.3 is 0 Å². The van der Waals surface area contributed by atoms with Crippen LogP contribution in [-0.4, -0.2) is 21.2 Å². The van der Waals surface area contributed by atoms with Crippen LogP contribution in [0.3, 0.4) is 0 Å². The smallest absolute Gasteiger partial charge is 0.156 e. The highest BCUT2D eigenvalue weighted by Gasteiger charge is 2.26. The van der Waals surface area contributed by atoms with Gasteiger partial charge in [-0.3, -0.25) is 4.79 Å². The lowest BCUT2D eigenvalue weighted by Gasteiger charge is -2.22. The molecule has 0 radical (unpaired) electrons. The number of carbonyl (C=O) groups excluding carboxylic acids is 1. The van der Waals surface area contributed by atoms with Gasteiger partial charge in [-0.2, -0.15) is 15.4 Å². The van der Waals surface area contributed by atoms with Crippen molar-refractivity contribution in [3.05, 3.63) is 77.2 Å². The topological polar surface area (TPSA) is 58.6 Å². The Morgan fingerprint density at radius 2 is 1.70 bits per heavy atom. The highest BCUT2D eigenvalue weighted by Crippen LogP contribution is 2.37. The normalized spacial score (nSPS) is 17.0. The summed E-state index contributed by atoms with van der Waals surface area (Å²) in [5, 5.41) is 11.3. The van der Waals surface area contributed by atoms with E-state index in [9.17, 15) is 9.18 Å². The predicted molar refractivity (Wildman–Crippen MR) is 103 cm³/mol. The van der Waals surface area contributed by atoms with Crippen LogP contribution in [0, 0.1) is 5.82 Å². The molecule has 1 heterocycles. The molecule has 0 saturated carbocycles. The Morgan fingerprint density at radius 3 is 2.41 bits per heavy atom. The largest absolute Gasteiger partial charge is 0.295 e. The van der Waals surface area contributed by atoms with Crippen molar-refractivity contribution in [1.29, 1.82) is 0 Å². The van der Waals surface area contributed by atoms with E-state index in [1.807, 2.05) is 12.1 Å². The average molecular weight is 361 g/mol. The molecule has 1 atom stereocenters. The molecule has 0 fully saturated rings. The number of nitrogens with one attached hydrogen (secondary N) is 1. The first-order chi connectivity index (χ1) is 13.1. The van der Waals surface area contributed by atoms with Crippen LogP contribution in [0.25, 0.3) is 16.8 Å². The molecule has 136 valence electrons. The van der Waals surface area contributed by atoms with Crippen LogP contribution in [0.5, 0.6) is 0 Å². The van der Waals surface area contributed by atoms with E-state index in [1.54, 1.807) is 18.2 Å². The number of aryl methyl sites for hydroxylation is 1. The van der Waals surface area contributed by atoms with Gasteiger partial charge in [0.2, 0.25) is 0 Å². The number of hydrogen-bond acceptors (Lipinski definition) is 3. The van der Waals surface area contributed by atoms with Crippen molar-refractivity contribution >= 4 is 11.4 Å². The molecule has 0 unspecified atom stereocenters. The van der Waals surface area contributed by atoms with Gasteiger partial charge < -0.3 is 0 Å². The molecule has 0 bridgehead atoms. The van der Waals surface area contributed by atoms with Crippen molar-refractivity contribution < 1.29 is 9.18 Å². The molecule has 2 aromatic carbocycles. The summed E-state index contributed by atoms with van der Waals surface area (Å²) in [5.41, 5.74) is 5.51. The number of carbonyl (C=O) groups is 1. The Bertz CT molecular complexity index is 987. The fourth-order valence-electron chi connectivity index (χ4n) is 3.58. The molecule has 4 rings (SSSR count). The fraction of sp³-hybridized carbons (Fsp3) is 0.227. The molecule has 0 amide bonds. The second-order valence-corrected chi connectivity index (χ2v) is 6.86. The van der Waals surface area contributed by atoms with E-state index in [0.29, 0.717) is 18.5 Å². The van der Waals surface area contributed by atoms with Gasteiger partial charge in [-0.15, -0.1) is 0 Å². The number of ketones is 1. The molecular weight excluding hydrogens is 341 g/mol. The van der Waals surface area contributed by atoms with Gasteiger partial charge in [-0.1, -0.05) is 43.3 Å². The van der Waals surface area contributed by atoms with Crippen LogP contribution >= 0.6 is 0 Å². The lowest BCUT2D eigenvalue weighted by atomic mass is 9.81. The SMILES string of the molecule is CCc1ccc(-c2n[nH]nc2C2=CC(=O)C[C@H](c3ccc(F)cc3)C2)cc1. The van der Waals surface area contributed by atoms with Crippen molar-refractivity contribution in [3.63, 3.8) is 0 Å². The summed E-state index contributed by atoms with van der Waals surface area (Å²) in [4.78, 5) is 12.3. The van der Waals surface area contributed by atoms with Gasteiger partial charge in [0.25, 0.3) is 0 Å². The first kappa shape index (κ1) is 17.3. The van der Waals surface area contributed by atoms with Gasteiger partial charge in [0.1, 0.15) is 17.2 Å². The molecular formula is C22H20FN3O. The lowest BCUT2D eigenvalue weighted by Crippen LogP contribution is -2.13. The van der Waals surface area contributed by atoms with Gasteiger partial charge in [0, 0.05) is 12.0 Å². The molecule has 1 aliphatic rings. The Balaban J connectivity index is 1.66. The zero-order valence-corrected chi connectivity index (χ0v) is 15.1. The number of H-pyrrole nitrogens is 1. The van der Waals surface area contributed by atoms with Crippen LogP contribution in [0.2, 0.25) is 0 Å². The highest BCUT2D eigenvalue weighted by atomic mass is 19.1. The van der Waals surface area contributed by atoms with Crippen LogP contribution < -0.4 is 0 Å². The Hall–Kier alpha value is -3.08. The zero-order chi connectivity index (χ0) is 18.8. The molecule has 3 aromatic rings. The van der Waals surface area contributed by atoms with Crippen LogP contribution in [0.15, 0.2) is 54.6 Å². The quantitative estimate of drug-likeness (QED) is 0.732. The minimum atomic E-state index is -0.272. The number of benzene rings is 2. The molecule has 1 N–H and O–H groups in total. The third-order valence-electron chi connectivity index (χ3n) is 5.08. The molecule has 1 aliphatic carbocycles. The minimum Gasteiger partial charge on any atom is -0.295 e. The van der Waals surface area contributed by atoms with Crippen molar-refractivity contribution in [2.24, 2.45) is 0 Å². The van der Waals surface area contributed by atoms with Crippen LogP contribution in [-0.2, 0) is 11.2 Å². The van der Waals surface area contributed by atoms with E-state index in [0.717, 1.165) is 28.8 Å². The molecule has 0 spiro atoms. The number of halogens is 1. The second-order valence-electron chi connectivity index (χ2n) is 6.86. The first-order valence-corrected chi connectivity index (χ1v) is 9.13. The van der Waals surface area contributed by atoms with Crippen LogP contribution in [0.4, 0.5) is 4.39 Å². The van der Waals surface area contributed by atoms with E-state index in [4.69, 9.17) is 0 Å². The highest BCUT2D eigenvalue weighted by molar-refractivity contribution is 6.00.